The van der Waals surface area contributed by atoms with Gasteiger partial charge in [-0.05, 0) is 35.0 Å². The van der Waals surface area contributed by atoms with Gasteiger partial charge >= 0.3 is 0 Å². The highest BCUT2D eigenvalue weighted by Crippen LogP contribution is 2.30. The van der Waals surface area contributed by atoms with Crippen molar-refractivity contribution in [1.29, 1.82) is 0 Å². The fourth-order valence-corrected chi connectivity index (χ4v) is 2.81. The van der Waals surface area contributed by atoms with Crippen molar-refractivity contribution in [3.8, 4) is 22.9 Å². The van der Waals surface area contributed by atoms with Gasteiger partial charge in [-0.1, -0.05) is 30.3 Å². The first-order valence-corrected chi connectivity index (χ1v) is 8.07. The van der Waals surface area contributed by atoms with Crippen LogP contribution < -0.4 is 4.74 Å². The van der Waals surface area contributed by atoms with E-state index in [1.165, 1.54) is 6.33 Å². The predicted molar refractivity (Wildman–Crippen MR) is 93.0 cm³/mol. The molecule has 1 aromatic carbocycles. The average molecular weight is 382 g/mol. The van der Waals surface area contributed by atoms with Crippen LogP contribution in [0.25, 0.3) is 17.0 Å². The molecule has 118 valence electrons. The summed E-state index contributed by atoms with van der Waals surface area (Å²) in [5.74, 6) is 1.59. The second kappa shape index (κ2) is 6.01. The third kappa shape index (κ3) is 2.74. The number of hydrogen-bond donors (Lipinski definition) is 0. The molecule has 0 fully saturated rings. The average Bonchev–Trinajstić information content (AvgIpc) is 3.07. The van der Waals surface area contributed by atoms with Crippen LogP contribution in [-0.2, 0) is 0 Å². The van der Waals surface area contributed by atoms with E-state index in [1.807, 2.05) is 55.5 Å². The summed E-state index contributed by atoms with van der Waals surface area (Å²) in [6.07, 6.45) is 1.45. The SMILES string of the molecule is Cc1ccc(Oc2cc(-c3ccccc3)nc3ncnn23)c(Br)n1. The zero-order valence-corrected chi connectivity index (χ0v) is 14.3. The van der Waals surface area contributed by atoms with Crippen molar-refractivity contribution in [2.45, 2.75) is 6.92 Å². The number of hydrogen-bond acceptors (Lipinski definition) is 5. The van der Waals surface area contributed by atoms with Gasteiger partial charge in [-0.3, -0.25) is 0 Å². The standard InChI is InChI=1S/C17H12BrN5O/c1-11-7-8-14(16(18)21-11)24-15-9-13(12-5-3-2-4-6-12)22-17-19-10-20-23(15)17/h2-10H,1H3. The lowest BCUT2D eigenvalue weighted by Gasteiger charge is -2.10. The normalized spacial score (nSPS) is 10.9. The van der Waals surface area contributed by atoms with Crippen molar-refractivity contribution in [2.24, 2.45) is 0 Å². The van der Waals surface area contributed by atoms with Crippen molar-refractivity contribution >= 4 is 21.7 Å². The summed E-state index contributed by atoms with van der Waals surface area (Å²) in [5.41, 5.74) is 2.65. The summed E-state index contributed by atoms with van der Waals surface area (Å²) in [5, 5.41) is 4.18. The van der Waals surface area contributed by atoms with Gasteiger partial charge in [0.1, 0.15) is 10.9 Å². The highest BCUT2D eigenvalue weighted by Gasteiger charge is 2.13. The fourth-order valence-electron chi connectivity index (χ4n) is 2.32. The molecule has 4 rings (SSSR count). The smallest absolute Gasteiger partial charge is 0.255 e. The zero-order chi connectivity index (χ0) is 16.5. The number of fused-ring (bicyclic) bond motifs is 1. The Morgan fingerprint density at radius 3 is 2.67 bits per heavy atom. The van der Waals surface area contributed by atoms with Crippen molar-refractivity contribution in [1.82, 2.24) is 24.6 Å². The molecule has 0 spiro atoms. The van der Waals surface area contributed by atoms with Crippen LogP contribution in [0, 0.1) is 6.92 Å². The van der Waals surface area contributed by atoms with Crippen molar-refractivity contribution in [3.63, 3.8) is 0 Å². The van der Waals surface area contributed by atoms with Gasteiger partial charge < -0.3 is 4.74 Å². The van der Waals surface area contributed by atoms with E-state index in [4.69, 9.17) is 4.74 Å². The van der Waals surface area contributed by atoms with E-state index in [9.17, 15) is 0 Å². The molecule has 0 aliphatic heterocycles. The third-order valence-electron chi connectivity index (χ3n) is 3.46. The van der Waals surface area contributed by atoms with Crippen molar-refractivity contribution < 1.29 is 4.74 Å². The van der Waals surface area contributed by atoms with Crippen LogP contribution in [0.5, 0.6) is 11.6 Å². The molecule has 3 aromatic heterocycles. The topological polar surface area (TPSA) is 65.2 Å². The lowest BCUT2D eigenvalue weighted by atomic mass is 10.1. The second-order valence-electron chi connectivity index (χ2n) is 5.16. The van der Waals surface area contributed by atoms with E-state index in [-0.39, 0.29) is 0 Å². The number of nitrogens with zero attached hydrogens (tertiary/aromatic N) is 5. The molecule has 7 heteroatoms. The van der Waals surface area contributed by atoms with Crippen LogP contribution in [0.2, 0.25) is 0 Å². The van der Waals surface area contributed by atoms with E-state index in [1.54, 1.807) is 4.52 Å². The minimum Gasteiger partial charge on any atom is -0.436 e. The highest BCUT2D eigenvalue weighted by atomic mass is 79.9. The Labute approximate surface area is 146 Å². The van der Waals surface area contributed by atoms with Crippen LogP contribution in [0.1, 0.15) is 5.69 Å². The first-order chi connectivity index (χ1) is 11.7. The summed E-state index contributed by atoms with van der Waals surface area (Å²) < 4.78 is 8.20. The molecule has 3 heterocycles. The molecular weight excluding hydrogens is 370 g/mol. The second-order valence-corrected chi connectivity index (χ2v) is 5.91. The molecule has 0 bridgehead atoms. The third-order valence-corrected chi connectivity index (χ3v) is 4.03. The van der Waals surface area contributed by atoms with Crippen molar-refractivity contribution in [2.75, 3.05) is 0 Å². The van der Waals surface area contributed by atoms with Crippen LogP contribution in [0.15, 0.2) is 59.5 Å². The van der Waals surface area contributed by atoms with Crippen LogP contribution >= 0.6 is 15.9 Å². The molecule has 24 heavy (non-hydrogen) atoms. The molecule has 0 atom stereocenters. The van der Waals surface area contributed by atoms with Gasteiger partial charge in [-0.25, -0.2) is 9.97 Å². The highest BCUT2D eigenvalue weighted by molar-refractivity contribution is 9.10. The summed E-state index contributed by atoms with van der Waals surface area (Å²) in [4.78, 5) is 13.1. The van der Waals surface area contributed by atoms with Gasteiger partial charge in [-0.15, -0.1) is 0 Å². The number of halogens is 1. The van der Waals surface area contributed by atoms with E-state index in [2.05, 4.69) is 36.0 Å². The Balaban J connectivity index is 1.83. The lowest BCUT2D eigenvalue weighted by Crippen LogP contribution is -2.00. The monoisotopic (exact) mass is 381 g/mol. The fraction of sp³-hybridized carbons (Fsp3) is 0.0588. The van der Waals surface area contributed by atoms with Crippen LogP contribution in [0.4, 0.5) is 0 Å². The van der Waals surface area contributed by atoms with Gasteiger partial charge in [0.25, 0.3) is 5.78 Å². The number of aryl methyl sites for hydroxylation is 1. The molecular formula is C17H12BrN5O. The maximum Gasteiger partial charge on any atom is 0.255 e. The number of benzene rings is 1. The first-order valence-electron chi connectivity index (χ1n) is 7.28. The Hall–Kier alpha value is -2.80. The van der Waals surface area contributed by atoms with Gasteiger partial charge in [0, 0.05) is 17.3 Å². The molecule has 0 aliphatic rings. The number of rotatable bonds is 3. The summed E-state index contributed by atoms with van der Waals surface area (Å²) in [6.45, 7) is 1.92. The molecule has 6 nitrogen and oxygen atoms in total. The Morgan fingerprint density at radius 1 is 1.04 bits per heavy atom. The quantitative estimate of drug-likeness (QED) is 0.500. The van der Waals surface area contributed by atoms with Crippen LogP contribution in [-0.4, -0.2) is 24.6 Å². The Bertz CT molecular complexity index is 1020. The van der Waals surface area contributed by atoms with E-state index in [0.717, 1.165) is 17.0 Å². The molecule has 0 unspecified atom stereocenters. The summed E-state index contributed by atoms with van der Waals surface area (Å²) in [7, 11) is 0. The Morgan fingerprint density at radius 2 is 1.88 bits per heavy atom. The van der Waals surface area contributed by atoms with Gasteiger partial charge in [0.2, 0.25) is 5.88 Å². The number of ether oxygens (including phenoxy) is 1. The van der Waals surface area contributed by atoms with E-state index < -0.39 is 0 Å². The van der Waals surface area contributed by atoms with Gasteiger partial charge in [-0.2, -0.15) is 14.6 Å². The van der Waals surface area contributed by atoms with E-state index in [0.29, 0.717) is 22.0 Å². The summed E-state index contributed by atoms with van der Waals surface area (Å²) >= 11 is 3.43. The maximum absolute atomic E-state index is 6.01. The molecule has 0 N–H and O–H groups in total. The summed E-state index contributed by atoms with van der Waals surface area (Å²) in [6, 6.07) is 15.5. The van der Waals surface area contributed by atoms with Crippen LogP contribution in [0.3, 0.4) is 0 Å². The minimum atomic E-state index is 0.475. The molecule has 0 aliphatic carbocycles. The zero-order valence-electron chi connectivity index (χ0n) is 12.7. The molecule has 0 radical (unpaired) electrons. The minimum absolute atomic E-state index is 0.475. The number of aromatic nitrogens is 5. The Kier molecular flexibility index (Phi) is 3.70. The predicted octanol–water partition coefficient (Wildman–Crippen LogP) is 4.05. The number of pyridine rings is 1. The lowest BCUT2D eigenvalue weighted by molar-refractivity contribution is 0.441. The molecule has 0 saturated carbocycles. The largest absolute Gasteiger partial charge is 0.436 e. The first kappa shape index (κ1) is 14.8. The van der Waals surface area contributed by atoms with E-state index >= 15 is 0 Å². The maximum atomic E-state index is 6.01. The molecule has 0 saturated heterocycles. The molecule has 0 amide bonds. The van der Waals surface area contributed by atoms with Crippen molar-refractivity contribution in [3.05, 3.63) is 65.2 Å². The van der Waals surface area contributed by atoms with Gasteiger partial charge in [0.05, 0.1) is 5.69 Å². The van der Waals surface area contributed by atoms with Gasteiger partial charge in [0.15, 0.2) is 5.75 Å². The molecule has 4 aromatic rings.